The zero-order chi connectivity index (χ0) is 9.69. The Labute approximate surface area is 80.6 Å². The van der Waals surface area contributed by atoms with E-state index in [9.17, 15) is 0 Å². The number of hydrogen-bond donors (Lipinski definition) is 0. The third-order valence-corrected chi connectivity index (χ3v) is 3.73. The first-order valence-corrected chi connectivity index (χ1v) is 4.88. The SMILES string of the molecule is CC1(C)Cc2ccccc2[N+]1(C)C. The van der Waals surface area contributed by atoms with E-state index in [1.807, 2.05) is 0 Å². The molecule has 1 aromatic carbocycles. The molecule has 0 amide bonds. The molecule has 2 rings (SSSR count). The van der Waals surface area contributed by atoms with Gasteiger partial charge in [-0.05, 0) is 19.9 Å². The molecule has 70 valence electrons. The van der Waals surface area contributed by atoms with Gasteiger partial charge in [-0.15, -0.1) is 0 Å². The number of likely N-dealkylation sites (N-methyl/N-ethyl adjacent to an activating group) is 1. The number of fused-ring (bicyclic) bond motifs is 1. The third-order valence-electron chi connectivity index (χ3n) is 3.73. The summed E-state index contributed by atoms with van der Waals surface area (Å²) in [5.41, 5.74) is 3.33. The largest absolute Gasteiger partial charge is 0.291 e. The molecule has 13 heavy (non-hydrogen) atoms. The highest BCUT2D eigenvalue weighted by molar-refractivity contribution is 5.56. The maximum absolute atomic E-state index is 2.34. The van der Waals surface area contributed by atoms with Crippen LogP contribution >= 0.6 is 0 Å². The van der Waals surface area contributed by atoms with Crippen LogP contribution in [0.3, 0.4) is 0 Å². The normalized spacial score (nSPS) is 22.8. The summed E-state index contributed by atoms with van der Waals surface area (Å²) in [7, 11) is 4.59. The topological polar surface area (TPSA) is 0 Å². The first-order valence-electron chi connectivity index (χ1n) is 4.88. The quantitative estimate of drug-likeness (QED) is 0.533. The van der Waals surface area contributed by atoms with Crippen LogP contribution in [0, 0.1) is 0 Å². The van der Waals surface area contributed by atoms with E-state index in [0.29, 0.717) is 5.54 Å². The highest BCUT2D eigenvalue weighted by atomic mass is 15.4. The molecular weight excluding hydrogens is 158 g/mol. The molecule has 0 radical (unpaired) electrons. The van der Waals surface area contributed by atoms with Crippen molar-refractivity contribution in [3.63, 3.8) is 0 Å². The number of benzene rings is 1. The lowest BCUT2D eigenvalue weighted by molar-refractivity contribution is 0.222. The minimum Gasteiger partial charge on any atom is -0.291 e. The number of rotatable bonds is 0. The van der Waals surface area contributed by atoms with E-state index >= 15 is 0 Å². The maximum atomic E-state index is 2.34. The lowest BCUT2D eigenvalue weighted by Gasteiger charge is -2.38. The summed E-state index contributed by atoms with van der Waals surface area (Å²) >= 11 is 0. The summed E-state index contributed by atoms with van der Waals surface area (Å²) in [4.78, 5) is 0. The van der Waals surface area contributed by atoms with Crippen molar-refractivity contribution in [1.82, 2.24) is 4.48 Å². The van der Waals surface area contributed by atoms with Gasteiger partial charge in [0.15, 0.2) is 0 Å². The molecule has 0 bridgehead atoms. The smallest absolute Gasteiger partial charge is 0.136 e. The van der Waals surface area contributed by atoms with E-state index in [1.54, 1.807) is 0 Å². The van der Waals surface area contributed by atoms with Crippen LogP contribution in [0.2, 0.25) is 0 Å². The van der Waals surface area contributed by atoms with Crippen LogP contribution in [0.4, 0.5) is 5.69 Å². The first kappa shape index (κ1) is 8.76. The minimum atomic E-state index is 0.337. The molecule has 0 aromatic heterocycles. The van der Waals surface area contributed by atoms with Gasteiger partial charge in [0.1, 0.15) is 11.2 Å². The molecule has 1 nitrogen and oxygen atoms in total. The van der Waals surface area contributed by atoms with Gasteiger partial charge in [-0.1, -0.05) is 18.2 Å². The summed E-state index contributed by atoms with van der Waals surface area (Å²) in [6, 6.07) is 8.79. The molecule has 0 atom stereocenters. The average molecular weight is 176 g/mol. The molecule has 1 heterocycles. The lowest BCUT2D eigenvalue weighted by atomic mass is 9.98. The summed E-state index contributed by atoms with van der Waals surface area (Å²) in [6.45, 7) is 4.68. The molecule has 1 aliphatic rings. The Morgan fingerprint density at radius 3 is 2.38 bits per heavy atom. The first-order chi connectivity index (χ1) is 5.95. The van der Waals surface area contributed by atoms with Crippen molar-refractivity contribution in [2.24, 2.45) is 0 Å². The van der Waals surface area contributed by atoms with Gasteiger partial charge in [0, 0.05) is 12.0 Å². The Bertz CT molecular complexity index is 337. The molecule has 0 spiro atoms. The average Bonchev–Trinajstić information content (AvgIpc) is 2.20. The zero-order valence-corrected chi connectivity index (χ0v) is 8.96. The molecule has 1 aliphatic heterocycles. The minimum absolute atomic E-state index is 0.337. The molecule has 0 unspecified atom stereocenters. The van der Waals surface area contributed by atoms with Crippen LogP contribution in [-0.2, 0) is 6.42 Å². The van der Waals surface area contributed by atoms with E-state index in [0.717, 1.165) is 4.48 Å². The molecule has 0 saturated heterocycles. The van der Waals surface area contributed by atoms with E-state index in [2.05, 4.69) is 52.2 Å². The molecule has 0 aliphatic carbocycles. The maximum Gasteiger partial charge on any atom is 0.136 e. The van der Waals surface area contributed by atoms with Crippen LogP contribution in [0.1, 0.15) is 19.4 Å². The van der Waals surface area contributed by atoms with E-state index in [1.165, 1.54) is 17.7 Å². The van der Waals surface area contributed by atoms with Gasteiger partial charge in [-0.25, -0.2) is 0 Å². The monoisotopic (exact) mass is 176 g/mol. The van der Waals surface area contributed by atoms with Gasteiger partial charge in [0.05, 0.1) is 14.1 Å². The van der Waals surface area contributed by atoms with Gasteiger partial charge in [0.2, 0.25) is 0 Å². The Morgan fingerprint density at radius 1 is 1.15 bits per heavy atom. The summed E-state index contributed by atoms with van der Waals surface area (Å²) in [6.07, 6.45) is 1.19. The van der Waals surface area contributed by atoms with E-state index < -0.39 is 0 Å². The van der Waals surface area contributed by atoms with Crippen molar-refractivity contribution in [2.45, 2.75) is 25.8 Å². The van der Waals surface area contributed by atoms with Gasteiger partial charge in [-0.3, -0.25) is 4.48 Å². The van der Waals surface area contributed by atoms with Gasteiger partial charge in [0.25, 0.3) is 0 Å². The van der Waals surface area contributed by atoms with Crippen LogP contribution in [0.25, 0.3) is 0 Å². The van der Waals surface area contributed by atoms with Gasteiger partial charge < -0.3 is 0 Å². The van der Waals surface area contributed by atoms with Crippen molar-refractivity contribution in [3.8, 4) is 0 Å². The number of quaternary nitrogens is 1. The van der Waals surface area contributed by atoms with Crippen LogP contribution in [-0.4, -0.2) is 19.6 Å². The summed E-state index contributed by atoms with van der Waals surface area (Å²) in [5, 5.41) is 0. The molecule has 0 fully saturated rings. The van der Waals surface area contributed by atoms with Gasteiger partial charge in [-0.2, -0.15) is 0 Å². The number of hydrogen-bond acceptors (Lipinski definition) is 0. The Balaban J connectivity index is 2.60. The number of para-hydroxylation sites is 1. The lowest BCUT2D eigenvalue weighted by Crippen LogP contribution is -2.54. The summed E-state index contributed by atoms with van der Waals surface area (Å²) in [5.74, 6) is 0. The fourth-order valence-corrected chi connectivity index (χ4v) is 2.20. The standard InChI is InChI=1S/C12H18N/c1-12(2)9-10-7-5-6-8-11(10)13(12,3)4/h5-8H,9H2,1-4H3/q+1. The predicted octanol–water partition coefficient (Wildman–Crippen LogP) is 2.59. The second-order valence-corrected chi connectivity index (χ2v) is 5.07. The van der Waals surface area contributed by atoms with Crippen molar-refractivity contribution < 1.29 is 0 Å². The second kappa shape index (κ2) is 2.36. The zero-order valence-electron chi connectivity index (χ0n) is 8.96. The fraction of sp³-hybridized carbons (Fsp3) is 0.500. The van der Waals surface area contributed by atoms with Crippen molar-refractivity contribution in [3.05, 3.63) is 29.8 Å². The Kier molecular flexibility index (Phi) is 1.59. The Hall–Kier alpha value is -0.820. The van der Waals surface area contributed by atoms with Crippen molar-refractivity contribution >= 4 is 5.69 Å². The van der Waals surface area contributed by atoms with E-state index in [-0.39, 0.29) is 0 Å². The van der Waals surface area contributed by atoms with Crippen LogP contribution in [0.15, 0.2) is 24.3 Å². The molecular formula is C12H18N+. The van der Waals surface area contributed by atoms with Crippen LogP contribution in [0.5, 0.6) is 0 Å². The highest BCUT2D eigenvalue weighted by Crippen LogP contribution is 2.41. The van der Waals surface area contributed by atoms with Crippen molar-refractivity contribution in [2.75, 3.05) is 14.1 Å². The predicted molar refractivity (Wildman–Crippen MR) is 57.9 cm³/mol. The molecule has 1 heteroatoms. The van der Waals surface area contributed by atoms with Crippen LogP contribution < -0.4 is 4.48 Å². The summed E-state index contributed by atoms with van der Waals surface area (Å²) < 4.78 is 1.00. The third kappa shape index (κ3) is 1.03. The Morgan fingerprint density at radius 2 is 1.77 bits per heavy atom. The molecule has 0 N–H and O–H groups in total. The highest BCUT2D eigenvalue weighted by Gasteiger charge is 2.46. The number of nitrogens with zero attached hydrogens (tertiary/aromatic N) is 1. The second-order valence-electron chi connectivity index (χ2n) is 5.07. The fourth-order valence-electron chi connectivity index (χ4n) is 2.20. The van der Waals surface area contributed by atoms with E-state index in [4.69, 9.17) is 0 Å². The van der Waals surface area contributed by atoms with Gasteiger partial charge >= 0.3 is 0 Å². The molecule has 1 aromatic rings. The molecule has 0 saturated carbocycles. The van der Waals surface area contributed by atoms with Crippen molar-refractivity contribution in [1.29, 1.82) is 0 Å².